The Morgan fingerprint density at radius 2 is 1.19 bits per heavy atom. The van der Waals surface area contributed by atoms with E-state index in [1.807, 2.05) is 4.72 Å². The molecule has 0 aliphatic carbocycles. The number of aryl methyl sites for hydroxylation is 1. The number of amides is 3. The van der Waals surface area contributed by atoms with E-state index >= 15 is 0 Å². The fourth-order valence-corrected chi connectivity index (χ4v) is 4.62. The molecule has 0 aromatic heterocycles. The third kappa shape index (κ3) is 6.25. The molecule has 194 valence electrons. The lowest BCUT2D eigenvalue weighted by Crippen LogP contribution is -2.52. The molecule has 0 spiro atoms. The monoisotopic (exact) mass is 525 g/mol. The second-order valence-corrected chi connectivity index (χ2v) is 10.6. The van der Waals surface area contributed by atoms with Crippen LogP contribution in [0.5, 0.6) is 11.5 Å². The molecule has 0 unspecified atom stereocenters. The lowest BCUT2D eigenvalue weighted by Gasteiger charge is -2.31. The van der Waals surface area contributed by atoms with Crippen molar-refractivity contribution in [3.05, 3.63) is 78.4 Å². The summed E-state index contributed by atoms with van der Waals surface area (Å²) < 4.78 is 27.6. The number of benzene rings is 3. The van der Waals surface area contributed by atoms with Crippen LogP contribution in [0, 0.1) is 18.3 Å². The average Bonchev–Trinajstić information content (AvgIpc) is 2.82. The van der Waals surface area contributed by atoms with Crippen LogP contribution >= 0.6 is 0 Å². The molecule has 0 saturated carbocycles. The SMILES string of the molecule is Cc1ccc(S(=O)(=O)NC(=O)C(C)(C)C(C(=O)Nc2ccccc2O)C(=O)Nc2ccccc2O)cc1. The van der Waals surface area contributed by atoms with Gasteiger partial charge in [0.1, 0.15) is 17.4 Å². The molecule has 0 aliphatic heterocycles. The molecule has 0 saturated heterocycles. The van der Waals surface area contributed by atoms with Gasteiger partial charge in [-0.25, -0.2) is 13.1 Å². The number of aromatic hydroxyl groups is 2. The van der Waals surface area contributed by atoms with Gasteiger partial charge in [-0.3, -0.25) is 14.4 Å². The largest absolute Gasteiger partial charge is 0.506 e. The minimum atomic E-state index is -4.32. The summed E-state index contributed by atoms with van der Waals surface area (Å²) in [7, 11) is -4.32. The predicted molar refractivity (Wildman–Crippen MR) is 137 cm³/mol. The molecule has 0 fully saturated rings. The van der Waals surface area contributed by atoms with Crippen molar-refractivity contribution in [2.24, 2.45) is 11.3 Å². The molecule has 5 N–H and O–H groups in total. The Morgan fingerprint density at radius 1 is 0.757 bits per heavy atom. The third-order valence-electron chi connectivity index (χ3n) is 5.71. The van der Waals surface area contributed by atoms with E-state index in [9.17, 15) is 33.0 Å². The first kappa shape index (κ1) is 27.2. The molecule has 37 heavy (non-hydrogen) atoms. The summed E-state index contributed by atoms with van der Waals surface area (Å²) in [5.74, 6) is -5.43. The molecule has 10 nitrogen and oxygen atoms in total. The Morgan fingerprint density at radius 3 is 1.62 bits per heavy atom. The van der Waals surface area contributed by atoms with Gasteiger partial charge in [-0.05, 0) is 57.2 Å². The maximum Gasteiger partial charge on any atom is 0.264 e. The number of hydrogen-bond donors (Lipinski definition) is 5. The molecule has 0 heterocycles. The van der Waals surface area contributed by atoms with Crippen LogP contribution in [0.4, 0.5) is 11.4 Å². The highest BCUT2D eigenvalue weighted by molar-refractivity contribution is 7.90. The molecule has 3 amide bonds. The molecule has 3 aromatic rings. The first-order valence-corrected chi connectivity index (χ1v) is 12.6. The molecule has 0 atom stereocenters. The molecule has 0 aliphatic rings. The Kier molecular flexibility index (Phi) is 7.87. The van der Waals surface area contributed by atoms with Crippen LogP contribution in [-0.2, 0) is 24.4 Å². The van der Waals surface area contributed by atoms with E-state index in [1.165, 1.54) is 62.4 Å². The minimum Gasteiger partial charge on any atom is -0.506 e. The highest BCUT2D eigenvalue weighted by Gasteiger charge is 2.47. The zero-order chi connectivity index (χ0) is 27.4. The van der Waals surface area contributed by atoms with Gasteiger partial charge in [0.15, 0.2) is 0 Å². The summed E-state index contributed by atoms with van der Waals surface area (Å²) in [6, 6.07) is 17.3. The molecule has 3 rings (SSSR count). The lowest BCUT2D eigenvalue weighted by atomic mass is 9.76. The third-order valence-corrected chi connectivity index (χ3v) is 7.06. The number of phenolic OH excluding ortho intramolecular Hbond substituents is 2. The van der Waals surface area contributed by atoms with Crippen LogP contribution in [-0.4, -0.2) is 36.4 Å². The molecule has 0 bridgehead atoms. The normalized spacial score (nSPS) is 11.6. The molecule has 0 radical (unpaired) electrons. The highest BCUT2D eigenvalue weighted by Crippen LogP contribution is 2.33. The lowest BCUT2D eigenvalue weighted by molar-refractivity contribution is -0.143. The number of sulfonamides is 1. The van der Waals surface area contributed by atoms with Crippen LogP contribution < -0.4 is 15.4 Å². The number of anilines is 2. The van der Waals surface area contributed by atoms with Gasteiger partial charge in [0.25, 0.3) is 10.0 Å². The maximum absolute atomic E-state index is 13.3. The van der Waals surface area contributed by atoms with E-state index in [1.54, 1.807) is 31.2 Å². The smallest absolute Gasteiger partial charge is 0.264 e. The van der Waals surface area contributed by atoms with Crippen molar-refractivity contribution < 1.29 is 33.0 Å². The highest BCUT2D eigenvalue weighted by atomic mass is 32.2. The van der Waals surface area contributed by atoms with Gasteiger partial charge in [-0.1, -0.05) is 42.0 Å². The van der Waals surface area contributed by atoms with E-state index in [2.05, 4.69) is 10.6 Å². The number of carbonyl (C=O) groups excluding carboxylic acids is 3. The molecular weight excluding hydrogens is 498 g/mol. The summed E-state index contributed by atoms with van der Waals surface area (Å²) in [5.41, 5.74) is -1.14. The van der Waals surface area contributed by atoms with Gasteiger partial charge >= 0.3 is 0 Å². The molecule has 11 heteroatoms. The van der Waals surface area contributed by atoms with E-state index < -0.39 is 39.1 Å². The summed E-state index contributed by atoms with van der Waals surface area (Å²) in [6.45, 7) is 4.26. The first-order chi connectivity index (χ1) is 17.3. The van der Waals surface area contributed by atoms with Gasteiger partial charge in [-0.2, -0.15) is 0 Å². The fourth-order valence-electron chi connectivity index (χ4n) is 3.50. The zero-order valence-corrected chi connectivity index (χ0v) is 21.2. The topological polar surface area (TPSA) is 162 Å². The Bertz CT molecular complexity index is 1380. The van der Waals surface area contributed by atoms with Gasteiger partial charge in [0.05, 0.1) is 21.7 Å². The summed E-state index contributed by atoms with van der Waals surface area (Å²) in [5, 5.41) is 24.9. The van der Waals surface area contributed by atoms with E-state index in [0.29, 0.717) is 0 Å². The summed E-state index contributed by atoms with van der Waals surface area (Å²) >= 11 is 0. The predicted octanol–water partition coefficient (Wildman–Crippen LogP) is 3.13. The number of rotatable bonds is 8. The number of para-hydroxylation sites is 4. The molecular formula is C26H27N3O7S. The Labute approximate surface area is 214 Å². The second kappa shape index (κ2) is 10.7. The van der Waals surface area contributed by atoms with Crippen molar-refractivity contribution in [1.82, 2.24) is 4.72 Å². The van der Waals surface area contributed by atoms with Crippen molar-refractivity contribution in [1.29, 1.82) is 0 Å². The quantitative estimate of drug-likeness (QED) is 0.223. The van der Waals surface area contributed by atoms with Gasteiger partial charge in [-0.15, -0.1) is 0 Å². The van der Waals surface area contributed by atoms with Crippen LogP contribution in [0.25, 0.3) is 0 Å². The van der Waals surface area contributed by atoms with E-state index in [4.69, 9.17) is 0 Å². The van der Waals surface area contributed by atoms with Crippen LogP contribution in [0.1, 0.15) is 19.4 Å². The second-order valence-electron chi connectivity index (χ2n) is 8.92. The van der Waals surface area contributed by atoms with Gasteiger partial charge in [0, 0.05) is 0 Å². The van der Waals surface area contributed by atoms with Crippen molar-refractivity contribution in [2.75, 3.05) is 10.6 Å². The maximum atomic E-state index is 13.3. The first-order valence-electron chi connectivity index (χ1n) is 11.1. The van der Waals surface area contributed by atoms with Crippen molar-refractivity contribution >= 4 is 39.1 Å². The van der Waals surface area contributed by atoms with Crippen molar-refractivity contribution in [2.45, 2.75) is 25.7 Å². The Balaban J connectivity index is 1.96. The van der Waals surface area contributed by atoms with E-state index in [0.717, 1.165) is 5.56 Å². The van der Waals surface area contributed by atoms with E-state index in [-0.39, 0.29) is 27.8 Å². The van der Waals surface area contributed by atoms with Crippen LogP contribution in [0.15, 0.2) is 77.7 Å². The fraction of sp³-hybridized carbons (Fsp3) is 0.192. The van der Waals surface area contributed by atoms with Crippen molar-refractivity contribution in [3.8, 4) is 11.5 Å². The average molecular weight is 526 g/mol. The summed E-state index contributed by atoms with van der Waals surface area (Å²) in [4.78, 5) is 39.8. The van der Waals surface area contributed by atoms with Gasteiger partial charge in [0.2, 0.25) is 17.7 Å². The molecule has 3 aromatic carbocycles. The number of nitrogens with one attached hydrogen (secondary N) is 3. The standard InChI is InChI=1S/C26H27N3O7S/c1-16-12-14-17(15-13-16)37(35,36)29-25(34)26(2,3)22(23(32)27-18-8-4-6-10-20(18)30)24(33)28-19-9-5-7-11-21(19)31/h4-15,22,30-31H,1-3H3,(H,27,32)(H,28,33)(H,29,34). The van der Waals surface area contributed by atoms with Crippen LogP contribution in [0.2, 0.25) is 0 Å². The summed E-state index contributed by atoms with van der Waals surface area (Å²) in [6.07, 6.45) is 0. The van der Waals surface area contributed by atoms with Crippen molar-refractivity contribution in [3.63, 3.8) is 0 Å². The minimum absolute atomic E-state index is 0.0173. The Hall–Kier alpha value is -4.38. The number of phenols is 2. The number of carbonyl (C=O) groups is 3. The van der Waals surface area contributed by atoms with Gasteiger partial charge < -0.3 is 20.8 Å². The number of hydrogen-bond acceptors (Lipinski definition) is 7. The zero-order valence-electron chi connectivity index (χ0n) is 20.3. The van der Waals surface area contributed by atoms with Crippen LogP contribution in [0.3, 0.4) is 0 Å².